The number of ether oxygens (including phenoxy) is 1. The number of thioether (sulfide) groups is 1. The third-order valence-electron chi connectivity index (χ3n) is 6.61. The molecule has 1 aromatic heterocycles. The summed E-state index contributed by atoms with van der Waals surface area (Å²) in [6, 6.07) is 17.5. The van der Waals surface area contributed by atoms with Crippen LogP contribution in [0.3, 0.4) is 0 Å². The highest BCUT2D eigenvalue weighted by atomic mass is 32.2. The Bertz CT molecular complexity index is 1340. The molecule has 0 saturated heterocycles. The summed E-state index contributed by atoms with van der Waals surface area (Å²) in [4.78, 5) is 40.6. The van der Waals surface area contributed by atoms with Crippen molar-refractivity contribution in [3.8, 4) is 5.75 Å². The second-order valence-corrected chi connectivity index (χ2v) is 13.1. The first kappa shape index (κ1) is 33.9. The van der Waals surface area contributed by atoms with Gasteiger partial charge in [0.05, 0.1) is 6.54 Å². The van der Waals surface area contributed by atoms with Crippen molar-refractivity contribution in [2.75, 3.05) is 49.8 Å². The molecule has 1 aliphatic rings. The van der Waals surface area contributed by atoms with Crippen LogP contribution in [0.5, 0.6) is 5.75 Å². The van der Waals surface area contributed by atoms with Crippen LogP contribution < -0.4 is 14.5 Å². The zero-order valence-electron chi connectivity index (χ0n) is 27.0. The molecular formula is C34H47N5O3S. The predicted molar refractivity (Wildman–Crippen MR) is 177 cm³/mol. The Kier molecular flexibility index (Phi) is 12.4. The number of benzene rings is 2. The topological polar surface area (TPSA) is 78.9 Å². The first-order chi connectivity index (χ1) is 20.4. The molecular weight excluding hydrogens is 558 g/mol. The van der Waals surface area contributed by atoms with Gasteiger partial charge in [0, 0.05) is 51.6 Å². The Morgan fingerprint density at radius 2 is 1.79 bits per heavy atom. The monoisotopic (exact) mass is 605 g/mol. The van der Waals surface area contributed by atoms with Gasteiger partial charge in [-0.3, -0.25) is 9.59 Å². The Labute approximate surface area is 261 Å². The molecule has 8 nitrogen and oxygen atoms in total. The van der Waals surface area contributed by atoms with Crippen LogP contribution >= 0.6 is 11.8 Å². The van der Waals surface area contributed by atoms with E-state index < -0.39 is 0 Å². The highest BCUT2D eigenvalue weighted by molar-refractivity contribution is 7.98. The number of hydrogen-bond donors (Lipinski definition) is 0. The Morgan fingerprint density at radius 3 is 2.44 bits per heavy atom. The van der Waals surface area contributed by atoms with Crippen molar-refractivity contribution in [2.24, 2.45) is 5.41 Å². The van der Waals surface area contributed by atoms with Gasteiger partial charge in [0.2, 0.25) is 5.91 Å². The maximum atomic E-state index is 13.6. The molecule has 0 spiro atoms. The van der Waals surface area contributed by atoms with Crippen molar-refractivity contribution in [2.45, 2.75) is 65.1 Å². The largest absolute Gasteiger partial charge is 0.484 e. The van der Waals surface area contributed by atoms with Gasteiger partial charge < -0.3 is 19.4 Å². The molecule has 232 valence electrons. The van der Waals surface area contributed by atoms with Gasteiger partial charge in [-0.1, -0.05) is 89.2 Å². The van der Waals surface area contributed by atoms with Crippen molar-refractivity contribution in [3.05, 3.63) is 71.9 Å². The minimum Gasteiger partial charge on any atom is -0.484 e. The Morgan fingerprint density at radius 1 is 1.09 bits per heavy atom. The maximum Gasteiger partial charge on any atom is 0.263 e. The van der Waals surface area contributed by atoms with Crippen LogP contribution in [0.25, 0.3) is 0 Å². The first-order valence-electron chi connectivity index (χ1n) is 14.9. The number of amides is 2. The first-order valence-corrected chi connectivity index (χ1v) is 16.1. The number of nitrogens with zero attached hydrogens (tertiary/aromatic N) is 5. The van der Waals surface area contributed by atoms with E-state index >= 15 is 0 Å². The molecule has 0 bridgehead atoms. The summed E-state index contributed by atoms with van der Waals surface area (Å²) < 4.78 is 6.47. The lowest BCUT2D eigenvalue weighted by Crippen LogP contribution is -2.34. The number of anilines is 2. The molecule has 43 heavy (non-hydrogen) atoms. The molecule has 9 heteroatoms. The Balaban J connectivity index is 0.000000934. The lowest BCUT2D eigenvalue weighted by molar-refractivity contribution is -0.131. The minimum atomic E-state index is -0.355. The zero-order valence-corrected chi connectivity index (χ0v) is 27.8. The normalized spacial score (nSPS) is 13.8. The molecule has 1 atom stereocenters. The quantitative estimate of drug-likeness (QED) is 0.180. The summed E-state index contributed by atoms with van der Waals surface area (Å²) in [5.41, 5.74) is 2.70. The molecule has 2 aromatic carbocycles. The number of hydrogen-bond acceptors (Lipinski definition) is 7. The molecule has 0 saturated carbocycles. The lowest BCUT2D eigenvalue weighted by atomic mass is 10.0. The summed E-state index contributed by atoms with van der Waals surface area (Å²) in [7, 11) is 3.76. The second kappa shape index (κ2) is 15.8. The summed E-state index contributed by atoms with van der Waals surface area (Å²) in [6.07, 6.45) is 5.55. The highest BCUT2D eigenvalue weighted by Crippen LogP contribution is 2.31. The van der Waals surface area contributed by atoms with E-state index in [0.29, 0.717) is 53.8 Å². The van der Waals surface area contributed by atoms with E-state index in [1.54, 1.807) is 16.0 Å². The highest BCUT2D eigenvalue weighted by Gasteiger charge is 2.28. The minimum absolute atomic E-state index is 0.106. The van der Waals surface area contributed by atoms with E-state index in [0.717, 1.165) is 24.1 Å². The van der Waals surface area contributed by atoms with Gasteiger partial charge in [-0.25, -0.2) is 9.97 Å². The van der Waals surface area contributed by atoms with Gasteiger partial charge in [0.1, 0.15) is 23.2 Å². The van der Waals surface area contributed by atoms with Crippen molar-refractivity contribution in [1.29, 1.82) is 0 Å². The number of carbonyl (C=O) groups excluding carboxylic acids is 2. The predicted octanol–water partition coefficient (Wildman–Crippen LogP) is 7.12. The summed E-state index contributed by atoms with van der Waals surface area (Å²) in [5.74, 6) is 1.24. The average molecular weight is 606 g/mol. The number of likely N-dealkylation sites (N-methyl/N-ethyl adjacent to an activating group) is 2. The average Bonchev–Trinajstić information content (AvgIpc) is 3.10. The number of fused-ring (bicyclic) bond motifs is 1. The molecule has 2 amide bonds. The third kappa shape index (κ3) is 10.3. The van der Waals surface area contributed by atoms with Gasteiger partial charge >= 0.3 is 0 Å². The van der Waals surface area contributed by atoms with Crippen molar-refractivity contribution >= 4 is 35.1 Å². The molecule has 0 radical (unpaired) electrons. The van der Waals surface area contributed by atoms with E-state index in [-0.39, 0.29) is 17.9 Å². The smallest absolute Gasteiger partial charge is 0.263 e. The van der Waals surface area contributed by atoms with Crippen LogP contribution in [0.1, 0.15) is 75.9 Å². The Hall–Kier alpha value is -3.59. The van der Waals surface area contributed by atoms with Gasteiger partial charge in [-0.05, 0) is 35.8 Å². The summed E-state index contributed by atoms with van der Waals surface area (Å²) >= 11 is 1.45. The number of carbonyl (C=O) groups is 2. The third-order valence-corrected chi connectivity index (χ3v) is 7.18. The number of unbranched alkanes of at least 4 members (excludes halogenated alkanes) is 1. The van der Waals surface area contributed by atoms with E-state index in [2.05, 4.69) is 44.6 Å². The van der Waals surface area contributed by atoms with Crippen LogP contribution in [0.4, 0.5) is 11.5 Å². The zero-order chi connectivity index (χ0) is 31.6. The van der Waals surface area contributed by atoms with Crippen LogP contribution in [-0.4, -0.2) is 66.7 Å². The van der Waals surface area contributed by atoms with Gasteiger partial charge in [-0.2, -0.15) is 0 Å². The van der Waals surface area contributed by atoms with Crippen LogP contribution in [-0.2, 0) is 4.79 Å². The fourth-order valence-electron chi connectivity index (χ4n) is 4.38. The van der Waals surface area contributed by atoms with Crippen molar-refractivity contribution < 1.29 is 14.3 Å². The van der Waals surface area contributed by atoms with Crippen molar-refractivity contribution in [3.63, 3.8) is 0 Å². The second-order valence-electron chi connectivity index (χ2n) is 12.4. The van der Waals surface area contributed by atoms with Gasteiger partial charge in [0.25, 0.3) is 5.91 Å². The molecule has 0 N–H and O–H groups in total. The molecule has 1 aliphatic heterocycles. The van der Waals surface area contributed by atoms with E-state index in [1.807, 2.05) is 79.8 Å². The summed E-state index contributed by atoms with van der Waals surface area (Å²) in [5, 5.41) is 0.636. The maximum absolute atomic E-state index is 13.6. The molecule has 1 unspecified atom stereocenters. The van der Waals surface area contributed by atoms with E-state index in [9.17, 15) is 9.59 Å². The molecule has 0 aliphatic carbocycles. The number of rotatable bonds is 10. The van der Waals surface area contributed by atoms with Gasteiger partial charge in [-0.15, -0.1) is 0 Å². The molecule has 2 heterocycles. The SMILES string of the molecule is CC(C)(C)C.CCCCC(=O)N(C)CC(Oc1cccc(N2CCN(C)c3nc(SC)ncc3C2=O)c1)c1ccccc1. The van der Waals surface area contributed by atoms with E-state index in [4.69, 9.17) is 4.74 Å². The van der Waals surface area contributed by atoms with E-state index in [1.165, 1.54) is 11.8 Å². The molecule has 3 aromatic rings. The standard InChI is InChI=1S/C29H35N5O3S.C5H12/c1-5-6-15-26(35)33(3)20-25(21-11-8-7-9-12-21)37-23-14-10-13-22(18-23)34-17-16-32(2)27-24(28(34)36)19-30-29(31-27)38-4;1-5(2,3)4/h7-14,18-19,25H,5-6,15-17,20H2,1-4H3;1-4H3. The molecule has 0 fully saturated rings. The number of aromatic nitrogens is 2. The van der Waals surface area contributed by atoms with Crippen LogP contribution in [0.15, 0.2) is 66.0 Å². The van der Waals surface area contributed by atoms with Gasteiger partial charge in [0.15, 0.2) is 5.16 Å². The van der Waals surface area contributed by atoms with Crippen molar-refractivity contribution in [1.82, 2.24) is 14.9 Å². The fourth-order valence-corrected chi connectivity index (χ4v) is 4.72. The fraction of sp³-hybridized carbons (Fsp3) is 0.471. The lowest BCUT2D eigenvalue weighted by Gasteiger charge is -2.27. The summed E-state index contributed by atoms with van der Waals surface area (Å²) in [6.45, 7) is 12.4. The van der Waals surface area contributed by atoms with Crippen LogP contribution in [0.2, 0.25) is 0 Å². The van der Waals surface area contributed by atoms with Crippen LogP contribution in [0, 0.1) is 5.41 Å². The molecule has 4 rings (SSSR count).